The van der Waals surface area contributed by atoms with Crippen LogP contribution in [0.3, 0.4) is 0 Å². The molecule has 1 heterocycles. The van der Waals surface area contributed by atoms with Crippen molar-refractivity contribution in [1.29, 1.82) is 0 Å². The van der Waals surface area contributed by atoms with E-state index >= 15 is 0 Å². The van der Waals surface area contributed by atoms with Gasteiger partial charge in [-0.1, -0.05) is 66.2 Å². The smallest absolute Gasteiger partial charge is 1.00 e. The van der Waals surface area contributed by atoms with Crippen molar-refractivity contribution < 1.29 is 149 Å². The average Bonchev–Trinajstić information content (AvgIpc) is 3.07. The molecule has 1 aliphatic rings. The van der Waals surface area contributed by atoms with Crippen LogP contribution in [0.5, 0.6) is 0 Å². The Bertz CT molecular complexity index is 1860. The van der Waals surface area contributed by atoms with E-state index in [4.69, 9.17) is 38.4 Å². The van der Waals surface area contributed by atoms with Crippen molar-refractivity contribution in [1.82, 2.24) is 8.61 Å². The molecule has 3 aromatic carbocycles. The van der Waals surface area contributed by atoms with Crippen molar-refractivity contribution in [2.75, 3.05) is 37.9 Å². The van der Waals surface area contributed by atoms with E-state index < -0.39 is 30.1 Å². The predicted octanol–water partition coefficient (Wildman–Crippen LogP) is -2.66. The van der Waals surface area contributed by atoms with Gasteiger partial charge in [-0.15, -0.1) is 23.2 Å². The molecule has 2 N–H and O–H groups in total. The Hall–Kier alpha value is -0.177. The number of hydrogen-bond donors (Lipinski definition) is 1. The molecular weight excluding hydrogens is 844 g/mol. The molecule has 0 unspecified atom stereocenters. The molecule has 0 radical (unpaired) electrons. The fourth-order valence-electron chi connectivity index (χ4n) is 4.03. The van der Waals surface area contributed by atoms with Crippen LogP contribution in [-0.4, -0.2) is 84.1 Å². The van der Waals surface area contributed by atoms with Crippen molar-refractivity contribution in [3.8, 4) is 0 Å². The summed E-state index contributed by atoms with van der Waals surface area (Å²) in [6.45, 7) is 13.5. The number of Topliss-reactive ketones (excluding diaryl/α,β-unsaturated/α-hetero) is 1. The van der Waals surface area contributed by atoms with Gasteiger partial charge in [0, 0.05) is 26.2 Å². The monoisotopic (exact) mass is 883 g/mol. The molecule has 1 aliphatic heterocycles. The zero-order valence-electron chi connectivity index (χ0n) is 31.2. The minimum atomic E-state index is -3.75. The summed E-state index contributed by atoms with van der Waals surface area (Å²) in [5, 5.41) is 13.3. The maximum absolute atomic E-state index is 13.1. The summed E-state index contributed by atoms with van der Waals surface area (Å²) in [4.78, 5) is 21.7. The van der Waals surface area contributed by atoms with Gasteiger partial charge in [-0.25, -0.2) is 30.4 Å². The normalized spacial score (nSPS) is 13.6. The topological polar surface area (TPSA) is 201 Å². The Morgan fingerprint density at radius 1 is 0.698 bits per heavy atom. The second-order valence-corrected chi connectivity index (χ2v) is 17.0. The molecule has 13 nitrogen and oxygen atoms in total. The van der Waals surface area contributed by atoms with Crippen molar-refractivity contribution in [2.24, 2.45) is 5.14 Å². The zero-order chi connectivity index (χ0) is 39.0. The number of alkyl halides is 2. The van der Waals surface area contributed by atoms with Gasteiger partial charge >= 0.3 is 103 Å². The first-order chi connectivity index (χ1) is 23.7. The number of rotatable bonds is 8. The molecule has 0 atom stereocenters. The Morgan fingerprint density at radius 2 is 0.943 bits per heavy atom. The number of halogens is 2. The van der Waals surface area contributed by atoms with E-state index in [1.807, 2.05) is 20.8 Å². The first-order valence-corrected chi connectivity index (χ1v) is 20.1. The van der Waals surface area contributed by atoms with Gasteiger partial charge in [0.05, 0.1) is 26.4 Å². The van der Waals surface area contributed by atoms with E-state index in [0.29, 0.717) is 11.1 Å². The number of primary sulfonamides is 1. The fraction of sp³-hybridized carbons (Fsp3) is 0.273. The number of benzene rings is 3. The molecular formula is C33H41Cl2K2N3O10S3. The molecule has 282 valence electrons. The summed E-state index contributed by atoms with van der Waals surface area (Å²) in [6, 6.07) is 19.7. The second kappa shape index (κ2) is 26.7. The molecule has 0 saturated carbocycles. The van der Waals surface area contributed by atoms with E-state index in [-0.39, 0.29) is 169 Å². The number of sulfonamides is 3. The third kappa shape index (κ3) is 19.7. The van der Waals surface area contributed by atoms with E-state index in [0.717, 1.165) is 16.7 Å². The SMILES string of the molecule is C=C1CN(S(=O)(=O)c2ccc(C)cc2)CC(=C)CN(S(=O)(=O)c2ccc(C)cc2)C1.Cc1ccc(S(N)(=O)=O)cc1.O=C(CCl)CCl.O=CO[O-].[H-].[K+].[K+]. The number of ketones is 1. The first kappa shape index (κ1) is 54.9. The van der Waals surface area contributed by atoms with Crippen LogP contribution in [0.4, 0.5) is 0 Å². The molecule has 4 rings (SSSR count). The van der Waals surface area contributed by atoms with Crippen LogP contribution in [0, 0.1) is 20.8 Å². The van der Waals surface area contributed by atoms with Crippen LogP contribution in [-0.2, 0) is 44.5 Å². The maximum atomic E-state index is 13.1. The summed E-state index contributed by atoms with van der Waals surface area (Å²) in [5.41, 5.74) is 3.93. The minimum Gasteiger partial charge on any atom is -1.00 e. The van der Waals surface area contributed by atoms with Crippen LogP contribution in [0.1, 0.15) is 18.1 Å². The fourth-order valence-corrected chi connectivity index (χ4v) is 7.80. The Balaban J connectivity index is -0.000000894. The zero-order valence-corrected chi connectivity index (χ0v) is 40.4. The molecule has 3 aromatic rings. The van der Waals surface area contributed by atoms with Gasteiger partial charge in [-0.05, 0) is 68.3 Å². The third-order valence-electron chi connectivity index (χ3n) is 6.60. The summed E-state index contributed by atoms with van der Waals surface area (Å²) in [5.74, 6) is -0.0640. The van der Waals surface area contributed by atoms with Gasteiger partial charge in [0.25, 0.3) is 6.47 Å². The van der Waals surface area contributed by atoms with Crippen LogP contribution in [0.25, 0.3) is 0 Å². The molecule has 0 bridgehead atoms. The van der Waals surface area contributed by atoms with Gasteiger partial charge in [-0.3, -0.25) is 9.59 Å². The van der Waals surface area contributed by atoms with Gasteiger partial charge in [0.2, 0.25) is 30.1 Å². The quantitative estimate of drug-likeness (QED) is 0.0622. The molecule has 1 saturated heterocycles. The Kier molecular flexibility index (Phi) is 27.7. The van der Waals surface area contributed by atoms with Crippen molar-refractivity contribution in [2.45, 2.75) is 35.5 Å². The van der Waals surface area contributed by atoms with Gasteiger partial charge < -0.3 is 11.6 Å². The molecule has 53 heavy (non-hydrogen) atoms. The number of nitrogens with two attached hydrogens (primary N) is 1. The molecule has 1 fully saturated rings. The van der Waals surface area contributed by atoms with E-state index in [9.17, 15) is 30.0 Å². The van der Waals surface area contributed by atoms with Crippen LogP contribution in [0.15, 0.2) is 112 Å². The number of aryl methyl sites for hydroxylation is 3. The standard InChI is InChI=1S/C22H26N2O4S2.C7H9NO2S.C3H4Cl2O.CH2O3.2K.H/c1-17-5-9-21(10-6-17)29(25,26)23-13-19(3)15-24(16-20(4)14-23)30(27,28)22-11-7-18(2)8-12-22;1-6-2-4-7(5-3-6)11(8,9)10;4-1-3(6)2-5;2-1-4-3;;;/h5-12H,3-4,13-16H2,1-2H3;2-5H,1H3,(H2,8,9,10);1-2H2;1,3H;;;/q;;;;2*+1;-1/p-1. The molecule has 0 aliphatic carbocycles. The number of carbonyl (C=O) groups is 2. The Labute approximate surface area is 409 Å². The summed E-state index contributed by atoms with van der Waals surface area (Å²) in [6.07, 6.45) is 0. The Morgan fingerprint density at radius 3 is 1.13 bits per heavy atom. The van der Waals surface area contributed by atoms with E-state index in [2.05, 4.69) is 18.0 Å². The van der Waals surface area contributed by atoms with Gasteiger partial charge in [0.15, 0.2) is 5.78 Å². The maximum Gasteiger partial charge on any atom is 1.00 e. The molecule has 20 heteroatoms. The minimum absolute atomic E-state index is 0. The third-order valence-corrected chi connectivity index (χ3v) is 11.7. The first-order valence-electron chi connectivity index (χ1n) is 14.6. The number of hydrogen-bond acceptors (Lipinski definition) is 10. The summed E-state index contributed by atoms with van der Waals surface area (Å²) >= 11 is 10.0. The molecule has 0 aromatic heterocycles. The molecule has 0 amide bonds. The second-order valence-electron chi connectivity index (χ2n) is 11.0. The van der Waals surface area contributed by atoms with Gasteiger partial charge in [0.1, 0.15) is 0 Å². The summed E-state index contributed by atoms with van der Waals surface area (Å²) < 4.78 is 76.4. The largest absolute Gasteiger partial charge is 1.00 e. The van der Waals surface area contributed by atoms with Crippen LogP contribution in [0.2, 0.25) is 0 Å². The predicted molar refractivity (Wildman–Crippen MR) is 195 cm³/mol. The van der Waals surface area contributed by atoms with Crippen LogP contribution < -0.4 is 113 Å². The van der Waals surface area contributed by atoms with Crippen molar-refractivity contribution >= 4 is 65.5 Å². The van der Waals surface area contributed by atoms with E-state index in [1.165, 1.54) is 20.7 Å². The van der Waals surface area contributed by atoms with Crippen LogP contribution >= 0.6 is 23.2 Å². The van der Waals surface area contributed by atoms with Gasteiger partial charge in [-0.2, -0.15) is 8.61 Å². The molecule has 0 spiro atoms. The van der Waals surface area contributed by atoms with Crippen molar-refractivity contribution in [3.05, 3.63) is 114 Å². The average molecular weight is 885 g/mol. The number of carbonyl (C=O) groups excluding carboxylic acids is 2. The van der Waals surface area contributed by atoms with Crippen molar-refractivity contribution in [3.63, 3.8) is 0 Å². The van der Waals surface area contributed by atoms with E-state index in [1.54, 1.807) is 60.7 Å². The summed E-state index contributed by atoms with van der Waals surface area (Å²) in [7, 11) is -11.0. The number of nitrogens with zero attached hydrogens (tertiary/aromatic N) is 2.